The molecular formula is C19H26N4O4. The van der Waals surface area contributed by atoms with Crippen LogP contribution in [-0.4, -0.2) is 59.6 Å². The number of aliphatic hydroxyl groups is 1. The number of aromatic nitrogens is 2. The van der Waals surface area contributed by atoms with E-state index in [4.69, 9.17) is 15.2 Å². The molecule has 2 aromatic rings. The Kier molecular flexibility index (Phi) is 6.31. The monoisotopic (exact) mass is 374 g/mol. The Bertz CT molecular complexity index is 756. The molecule has 0 aliphatic carbocycles. The molecule has 3 rings (SSSR count). The van der Waals surface area contributed by atoms with E-state index in [0.717, 1.165) is 37.7 Å². The number of rotatable bonds is 8. The first kappa shape index (κ1) is 19.2. The Morgan fingerprint density at radius 2 is 2.19 bits per heavy atom. The Labute approximate surface area is 158 Å². The van der Waals surface area contributed by atoms with E-state index in [0.29, 0.717) is 13.0 Å². The van der Waals surface area contributed by atoms with Crippen LogP contribution in [0.3, 0.4) is 0 Å². The summed E-state index contributed by atoms with van der Waals surface area (Å²) in [6.07, 6.45) is 3.01. The minimum atomic E-state index is -0.622. The lowest BCUT2D eigenvalue weighted by molar-refractivity contribution is 0.0993. The first-order chi connectivity index (χ1) is 13.0. The number of benzene rings is 1. The normalized spacial score (nSPS) is 16.7. The molecule has 1 aliphatic heterocycles. The molecule has 1 aliphatic rings. The van der Waals surface area contributed by atoms with E-state index < -0.39 is 12.0 Å². The van der Waals surface area contributed by atoms with Gasteiger partial charge in [0.05, 0.1) is 38.3 Å². The maximum absolute atomic E-state index is 11.2. The second-order valence-corrected chi connectivity index (χ2v) is 6.61. The molecule has 8 heteroatoms. The van der Waals surface area contributed by atoms with Crippen molar-refractivity contribution in [3.05, 3.63) is 42.5 Å². The quantitative estimate of drug-likeness (QED) is 0.720. The van der Waals surface area contributed by atoms with Crippen LogP contribution in [-0.2, 0) is 4.74 Å². The van der Waals surface area contributed by atoms with Gasteiger partial charge in [0.25, 0.3) is 5.91 Å². The van der Waals surface area contributed by atoms with Crippen LogP contribution in [0.5, 0.6) is 5.75 Å². The van der Waals surface area contributed by atoms with E-state index in [1.54, 1.807) is 17.7 Å². The Morgan fingerprint density at radius 3 is 2.85 bits per heavy atom. The van der Waals surface area contributed by atoms with Crippen molar-refractivity contribution in [1.82, 2.24) is 9.55 Å². The molecule has 0 radical (unpaired) electrons. The Hall–Kier alpha value is -2.58. The van der Waals surface area contributed by atoms with Crippen LogP contribution >= 0.6 is 0 Å². The highest BCUT2D eigenvalue weighted by molar-refractivity contribution is 5.90. The van der Waals surface area contributed by atoms with Crippen molar-refractivity contribution in [3.63, 3.8) is 0 Å². The van der Waals surface area contributed by atoms with Gasteiger partial charge in [0.15, 0.2) is 0 Å². The molecule has 1 fully saturated rings. The van der Waals surface area contributed by atoms with Gasteiger partial charge >= 0.3 is 0 Å². The summed E-state index contributed by atoms with van der Waals surface area (Å²) in [6, 6.07) is 7.72. The van der Waals surface area contributed by atoms with Crippen LogP contribution in [0.2, 0.25) is 0 Å². The molecule has 1 aromatic carbocycles. The van der Waals surface area contributed by atoms with Gasteiger partial charge in [-0.05, 0) is 19.1 Å². The number of imidazole rings is 1. The van der Waals surface area contributed by atoms with Gasteiger partial charge in [0, 0.05) is 37.5 Å². The molecule has 0 bridgehead atoms. The number of nitrogens with zero attached hydrogens (tertiary/aromatic N) is 3. The van der Waals surface area contributed by atoms with Crippen LogP contribution in [0.15, 0.2) is 36.8 Å². The average Bonchev–Trinajstić information content (AvgIpc) is 3.16. The van der Waals surface area contributed by atoms with Gasteiger partial charge in [0.2, 0.25) is 0 Å². The van der Waals surface area contributed by atoms with Crippen molar-refractivity contribution < 1.29 is 19.4 Å². The van der Waals surface area contributed by atoms with Gasteiger partial charge in [-0.3, -0.25) is 4.79 Å². The SMILES string of the molecule is CC(O)C(CCOc1cccc(N2CCOCC2)c1)n1cnc(C(N)=O)c1. The van der Waals surface area contributed by atoms with Crippen molar-refractivity contribution in [1.29, 1.82) is 0 Å². The molecule has 1 aromatic heterocycles. The summed E-state index contributed by atoms with van der Waals surface area (Å²) in [5, 5.41) is 10.1. The molecular weight excluding hydrogens is 348 g/mol. The van der Waals surface area contributed by atoms with Crippen molar-refractivity contribution in [2.75, 3.05) is 37.8 Å². The topological polar surface area (TPSA) is 103 Å². The zero-order valence-electron chi connectivity index (χ0n) is 15.5. The molecule has 146 valence electrons. The highest BCUT2D eigenvalue weighted by Crippen LogP contribution is 2.23. The van der Waals surface area contributed by atoms with Crippen LogP contribution in [0.25, 0.3) is 0 Å². The van der Waals surface area contributed by atoms with Crippen LogP contribution in [0.4, 0.5) is 5.69 Å². The summed E-state index contributed by atoms with van der Waals surface area (Å²) in [4.78, 5) is 17.5. The summed E-state index contributed by atoms with van der Waals surface area (Å²) in [6.45, 7) is 5.34. The number of hydrogen-bond acceptors (Lipinski definition) is 6. The summed E-state index contributed by atoms with van der Waals surface area (Å²) >= 11 is 0. The summed E-state index contributed by atoms with van der Waals surface area (Å²) in [5.74, 6) is 0.195. The second kappa shape index (κ2) is 8.88. The third-order valence-corrected chi connectivity index (χ3v) is 4.67. The zero-order valence-corrected chi connectivity index (χ0v) is 15.5. The van der Waals surface area contributed by atoms with Crippen molar-refractivity contribution >= 4 is 11.6 Å². The van der Waals surface area contributed by atoms with Gasteiger partial charge in [-0.15, -0.1) is 0 Å². The minimum absolute atomic E-state index is 0.180. The number of hydrogen-bond donors (Lipinski definition) is 2. The number of carbonyl (C=O) groups excluding carboxylic acids is 1. The number of ether oxygens (including phenoxy) is 2. The van der Waals surface area contributed by atoms with Crippen LogP contribution in [0, 0.1) is 0 Å². The third-order valence-electron chi connectivity index (χ3n) is 4.67. The van der Waals surface area contributed by atoms with E-state index in [9.17, 15) is 9.90 Å². The van der Waals surface area contributed by atoms with Gasteiger partial charge < -0.3 is 29.8 Å². The molecule has 3 N–H and O–H groups in total. The lowest BCUT2D eigenvalue weighted by Crippen LogP contribution is -2.36. The summed E-state index contributed by atoms with van der Waals surface area (Å²) in [5.41, 5.74) is 6.54. The van der Waals surface area contributed by atoms with Crippen molar-refractivity contribution in [2.24, 2.45) is 5.73 Å². The number of anilines is 1. The molecule has 0 saturated carbocycles. The van der Waals surface area contributed by atoms with E-state index in [1.807, 2.05) is 18.2 Å². The lowest BCUT2D eigenvalue weighted by Gasteiger charge is -2.29. The van der Waals surface area contributed by atoms with E-state index >= 15 is 0 Å². The van der Waals surface area contributed by atoms with Gasteiger partial charge in [-0.2, -0.15) is 0 Å². The lowest BCUT2D eigenvalue weighted by atomic mass is 10.1. The maximum atomic E-state index is 11.2. The molecule has 2 atom stereocenters. The highest BCUT2D eigenvalue weighted by atomic mass is 16.5. The van der Waals surface area contributed by atoms with Crippen LogP contribution < -0.4 is 15.4 Å². The standard InChI is InChI=1S/C19H26N4O4/c1-14(24)18(23-12-17(19(20)25)21-13-23)5-8-27-16-4-2-3-15(11-16)22-6-9-26-10-7-22/h2-4,11-14,18,24H,5-10H2,1H3,(H2,20,25). The van der Waals surface area contributed by atoms with Crippen molar-refractivity contribution in [3.8, 4) is 5.75 Å². The molecule has 1 saturated heterocycles. The number of aliphatic hydroxyl groups excluding tert-OH is 1. The fourth-order valence-electron chi connectivity index (χ4n) is 3.17. The number of carbonyl (C=O) groups is 1. The molecule has 2 unspecified atom stereocenters. The maximum Gasteiger partial charge on any atom is 0.268 e. The van der Waals surface area contributed by atoms with Gasteiger partial charge in [-0.25, -0.2) is 4.98 Å². The van der Waals surface area contributed by atoms with E-state index in [2.05, 4.69) is 16.0 Å². The summed E-state index contributed by atoms with van der Waals surface area (Å²) < 4.78 is 13.0. The average molecular weight is 374 g/mol. The van der Waals surface area contributed by atoms with E-state index in [1.165, 1.54) is 6.33 Å². The first-order valence-corrected chi connectivity index (χ1v) is 9.11. The number of morpholine rings is 1. The number of primary amides is 1. The Morgan fingerprint density at radius 1 is 1.41 bits per heavy atom. The van der Waals surface area contributed by atoms with Gasteiger partial charge in [-0.1, -0.05) is 6.07 Å². The largest absolute Gasteiger partial charge is 0.493 e. The third kappa shape index (κ3) is 4.99. The predicted octanol–water partition coefficient (Wildman–Crippen LogP) is 1.21. The fraction of sp³-hybridized carbons (Fsp3) is 0.474. The molecule has 2 heterocycles. The molecule has 27 heavy (non-hydrogen) atoms. The minimum Gasteiger partial charge on any atom is -0.493 e. The molecule has 1 amide bonds. The number of amides is 1. The highest BCUT2D eigenvalue weighted by Gasteiger charge is 2.19. The zero-order chi connectivity index (χ0) is 19.2. The van der Waals surface area contributed by atoms with E-state index in [-0.39, 0.29) is 11.7 Å². The Balaban J connectivity index is 1.59. The fourth-order valence-corrected chi connectivity index (χ4v) is 3.17. The second-order valence-electron chi connectivity index (χ2n) is 6.61. The number of nitrogens with two attached hydrogens (primary N) is 1. The molecule has 0 spiro atoms. The van der Waals surface area contributed by atoms with Crippen LogP contribution in [0.1, 0.15) is 29.9 Å². The molecule has 8 nitrogen and oxygen atoms in total. The first-order valence-electron chi connectivity index (χ1n) is 9.11. The van der Waals surface area contributed by atoms with Crippen molar-refractivity contribution in [2.45, 2.75) is 25.5 Å². The predicted molar refractivity (Wildman–Crippen MR) is 101 cm³/mol. The summed E-state index contributed by atoms with van der Waals surface area (Å²) in [7, 11) is 0. The smallest absolute Gasteiger partial charge is 0.268 e. The van der Waals surface area contributed by atoms with Gasteiger partial charge in [0.1, 0.15) is 11.4 Å².